The Morgan fingerprint density at radius 1 is 1.40 bits per heavy atom. The topological polar surface area (TPSA) is 38.3 Å². The van der Waals surface area contributed by atoms with Gasteiger partial charge in [0.2, 0.25) is 5.91 Å². The van der Waals surface area contributed by atoms with Gasteiger partial charge in [0.15, 0.2) is 0 Å². The van der Waals surface area contributed by atoms with Crippen molar-refractivity contribution in [2.45, 2.75) is 45.6 Å². The number of benzene rings is 1. The van der Waals surface area contributed by atoms with E-state index in [1.54, 1.807) is 7.11 Å². The molecular weight excluding hydrogens is 250 g/mol. The number of ether oxygens (including phenoxy) is 1. The fourth-order valence-corrected chi connectivity index (χ4v) is 2.55. The molecule has 0 aliphatic heterocycles. The van der Waals surface area contributed by atoms with Crippen LogP contribution in [-0.4, -0.2) is 25.2 Å². The predicted molar refractivity (Wildman–Crippen MR) is 80.6 cm³/mol. The SMILES string of the molecule is COCC(C)(C)C(=O)NC1(Cc2cccc(C)c2)CC1. The van der Waals surface area contributed by atoms with Gasteiger partial charge >= 0.3 is 0 Å². The summed E-state index contributed by atoms with van der Waals surface area (Å²) >= 11 is 0. The van der Waals surface area contributed by atoms with Gasteiger partial charge in [-0.2, -0.15) is 0 Å². The second kappa shape index (κ2) is 5.57. The minimum absolute atomic E-state index is 0.0319. The molecule has 1 saturated carbocycles. The van der Waals surface area contributed by atoms with Gasteiger partial charge in [0, 0.05) is 12.6 Å². The molecular formula is C17H25NO2. The van der Waals surface area contributed by atoms with Gasteiger partial charge in [-0.25, -0.2) is 0 Å². The number of nitrogens with one attached hydrogen (secondary N) is 1. The standard InChI is InChI=1S/C17H25NO2/c1-13-6-5-7-14(10-13)11-17(8-9-17)18-15(19)16(2,3)12-20-4/h5-7,10H,8-9,11-12H2,1-4H3,(H,18,19). The minimum atomic E-state index is -0.475. The van der Waals surface area contributed by atoms with Crippen LogP contribution in [0.2, 0.25) is 0 Å². The quantitative estimate of drug-likeness (QED) is 0.867. The number of rotatable bonds is 6. The van der Waals surface area contributed by atoms with Crippen LogP contribution in [0.5, 0.6) is 0 Å². The number of carbonyl (C=O) groups excluding carboxylic acids is 1. The van der Waals surface area contributed by atoms with E-state index in [1.165, 1.54) is 11.1 Å². The van der Waals surface area contributed by atoms with E-state index in [1.807, 2.05) is 13.8 Å². The highest BCUT2D eigenvalue weighted by molar-refractivity contribution is 5.83. The monoisotopic (exact) mass is 275 g/mol. The molecule has 1 aromatic carbocycles. The number of amides is 1. The van der Waals surface area contributed by atoms with Crippen LogP contribution in [0.1, 0.15) is 37.8 Å². The van der Waals surface area contributed by atoms with Crippen molar-refractivity contribution in [3.8, 4) is 0 Å². The van der Waals surface area contributed by atoms with Crippen molar-refractivity contribution in [2.24, 2.45) is 5.41 Å². The van der Waals surface area contributed by atoms with Crippen molar-refractivity contribution in [2.75, 3.05) is 13.7 Å². The highest BCUT2D eigenvalue weighted by Crippen LogP contribution is 2.39. The molecule has 110 valence electrons. The van der Waals surface area contributed by atoms with Gasteiger partial charge in [-0.15, -0.1) is 0 Å². The molecule has 1 amide bonds. The zero-order chi connectivity index (χ0) is 14.8. The smallest absolute Gasteiger partial charge is 0.228 e. The molecule has 0 spiro atoms. The van der Waals surface area contributed by atoms with Crippen LogP contribution in [-0.2, 0) is 16.0 Å². The number of aryl methyl sites for hydroxylation is 1. The molecule has 1 aliphatic carbocycles. The molecule has 0 radical (unpaired) electrons. The lowest BCUT2D eigenvalue weighted by molar-refractivity contribution is -0.133. The van der Waals surface area contributed by atoms with E-state index in [2.05, 4.69) is 36.5 Å². The molecule has 0 unspecified atom stereocenters. The van der Waals surface area contributed by atoms with Gasteiger partial charge in [-0.1, -0.05) is 29.8 Å². The first kappa shape index (κ1) is 15.0. The minimum Gasteiger partial charge on any atom is -0.384 e. The molecule has 3 nitrogen and oxygen atoms in total. The molecule has 0 atom stereocenters. The first-order chi connectivity index (χ1) is 9.37. The summed E-state index contributed by atoms with van der Waals surface area (Å²) in [4.78, 5) is 12.4. The molecule has 0 aromatic heterocycles. The maximum atomic E-state index is 12.4. The van der Waals surface area contributed by atoms with Gasteiger partial charge in [-0.3, -0.25) is 4.79 Å². The summed E-state index contributed by atoms with van der Waals surface area (Å²) in [6.45, 7) is 6.39. The van der Waals surface area contributed by atoms with Crippen LogP contribution in [0.4, 0.5) is 0 Å². The normalized spacial score (nSPS) is 16.8. The van der Waals surface area contributed by atoms with Gasteiger partial charge in [0.05, 0.1) is 12.0 Å². The highest BCUT2D eigenvalue weighted by atomic mass is 16.5. The summed E-state index contributed by atoms with van der Waals surface area (Å²) in [6.07, 6.45) is 3.05. The first-order valence-electron chi connectivity index (χ1n) is 7.24. The molecule has 0 saturated heterocycles. The van der Waals surface area contributed by atoms with Crippen molar-refractivity contribution in [3.63, 3.8) is 0 Å². The number of hydrogen-bond acceptors (Lipinski definition) is 2. The van der Waals surface area contributed by atoms with Crippen LogP contribution in [0, 0.1) is 12.3 Å². The first-order valence-corrected chi connectivity index (χ1v) is 7.24. The molecule has 2 rings (SSSR count). The predicted octanol–water partition coefficient (Wildman–Crippen LogP) is 2.86. The van der Waals surface area contributed by atoms with Gasteiger partial charge < -0.3 is 10.1 Å². The van der Waals surface area contributed by atoms with Gasteiger partial charge in [0.1, 0.15) is 0 Å². The summed E-state index contributed by atoms with van der Waals surface area (Å²) < 4.78 is 5.14. The van der Waals surface area contributed by atoms with E-state index < -0.39 is 5.41 Å². The van der Waals surface area contributed by atoms with Crippen LogP contribution in [0.25, 0.3) is 0 Å². The van der Waals surface area contributed by atoms with Gasteiger partial charge in [-0.05, 0) is 45.6 Å². The van der Waals surface area contributed by atoms with Crippen molar-refractivity contribution in [1.82, 2.24) is 5.32 Å². The number of hydrogen-bond donors (Lipinski definition) is 1. The molecule has 0 bridgehead atoms. The fourth-order valence-electron chi connectivity index (χ4n) is 2.55. The molecule has 1 aliphatic rings. The maximum absolute atomic E-state index is 12.4. The van der Waals surface area contributed by atoms with Crippen LogP contribution < -0.4 is 5.32 Å². The molecule has 3 heteroatoms. The Labute approximate surface area is 121 Å². The van der Waals surface area contributed by atoms with E-state index >= 15 is 0 Å². The van der Waals surface area contributed by atoms with Crippen LogP contribution in [0.3, 0.4) is 0 Å². The number of carbonyl (C=O) groups is 1. The zero-order valence-corrected chi connectivity index (χ0v) is 13.0. The average Bonchev–Trinajstić information content (AvgIpc) is 3.08. The third kappa shape index (κ3) is 3.60. The largest absolute Gasteiger partial charge is 0.384 e. The maximum Gasteiger partial charge on any atom is 0.228 e. The third-order valence-electron chi connectivity index (χ3n) is 3.98. The second-order valence-electron chi connectivity index (χ2n) is 6.72. The summed E-state index contributed by atoms with van der Waals surface area (Å²) in [5.74, 6) is 0.0875. The number of methoxy groups -OCH3 is 1. The Hall–Kier alpha value is -1.35. The Bertz CT molecular complexity index is 490. The lowest BCUT2D eigenvalue weighted by atomic mass is 9.92. The third-order valence-corrected chi connectivity index (χ3v) is 3.98. The Kier molecular flexibility index (Phi) is 4.19. The Balaban J connectivity index is 2.00. The van der Waals surface area contributed by atoms with Crippen LogP contribution >= 0.6 is 0 Å². The highest BCUT2D eigenvalue weighted by Gasteiger charge is 2.46. The van der Waals surface area contributed by atoms with Gasteiger partial charge in [0.25, 0.3) is 0 Å². The fraction of sp³-hybridized carbons (Fsp3) is 0.588. The van der Waals surface area contributed by atoms with Crippen LogP contribution in [0.15, 0.2) is 24.3 Å². The van der Waals surface area contributed by atoms with E-state index in [4.69, 9.17) is 4.74 Å². The van der Waals surface area contributed by atoms with E-state index in [0.29, 0.717) is 6.61 Å². The van der Waals surface area contributed by atoms with Crippen molar-refractivity contribution in [1.29, 1.82) is 0 Å². The zero-order valence-electron chi connectivity index (χ0n) is 13.0. The summed E-state index contributed by atoms with van der Waals surface area (Å²) in [7, 11) is 1.63. The summed E-state index contributed by atoms with van der Waals surface area (Å²) in [5, 5.41) is 3.24. The summed E-state index contributed by atoms with van der Waals surface area (Å²) in [5.41, 5.74) is 2.06. The lowest BCUT2D eigenvalue weighted by Gasteiger charge is -2.27. The molecule has 1 aromatic rings. The molecule has 0 heterocycles. The van der Waals surface area contributed by atoms with E-state index in [-0.39, 0.29) is 11.4 Å². The van der Waals surface area contributed by atoms with E-state index in [9.17, 15) is 4.79 Å². The van der Waals surface area contributed by atoms with E-state index in [0.717, 1.165) is 19.3 Å². The second-order valence-corrected chi connectivity index (χ2v) is 6.72. The average molecular weight is 275 g/mol. The Morgan fingerprint density at radius 3 is 2.65 bits per heavy atom. The lowest BCUT2D eigenvalue weighted by Crippen LogP contribution is -2.47. The molecule has 1 fully saturated rings. The Morgan fingerprint density at radius 2 is 2.10 bits per heavy atom. The molecule has 20 heavy (non-hydrogen) atoms. The summed E-state index contributed by atoms with van der Waals surface area (Å²) in [6, 6.07) is 8.52. The molecule has 1 N–H and O–H groups in total. The van der Waals surface area contributed by atoms with Crippen molar-refractivity contribution >= 4 is 5.91 Å². The van der Waals surface area contributed by atoms with Crippen molar-refractivity contribution in [3.05, 3.63) is 35.4 Å². The van der Waals surface area contributed by atoms with Crippen molar-refractivity contribution < 1.29 is 9.53 Å².